The second-order valence-electron chi connectivity index (χ2n) is 7.29. The lowest BCUT2D eigenvalue weighted by atomic mass is 10.1. The molecule has 0 aromatic heterocycles. The van der Waals surface area contributed by atoms with E-state index in [-0.39, 0.29) is 30.6 Å². The van der Waals surface area contributed by atoms with Gasteiger partial charge in [-0.25, -0.2) is 14.1 Å². The second kappa shape index (κ2) is 6.99. The van der Waals surface area contributed by atoms with E-state index in [1.54, 1.807) is 30.2 Å². The summed E-state index contributed by atoms with van der Waals surface area (Å²) in [6, 6.07) is 5.41. The van der Waals surface area contributed by atoms with Crippen molar-refractivity contribution in [1.82, 2.24) is 25.0 Å². The molecule has 28 heavy (non-hydrogen) atoms. The van der Waals surface area contributed by atoms with Crippen molar-refractivity contribution < 1.29 is 14.0 Å². The molecule has 3 aliphatic rings. The maximum atomic E-state index is 13.2. The highest BCUT2D eigenvalue weighted by molar-refractivity contribution is 6.01. The first-order chi connectivity index (χ1) is 13.4. The number of hydrogen-bond donors (Lipinski definition) is 1. The van der Waals surface area contributed by atoms with E-state index >= 15 is 0 Å². The molecule has 0 radical (unpaired) electrons. The third-order valence-corrected chi connectivity index (χ3v) is 5.32. The van der Waals surface area contributed by atoms with Crippen molar-refractivity contribution in [3.63, 3.8) is 0 Å². The Hall–Kier alpha value is -2.78. The zero-order valence-corrected chi connectivity index (χ0v) is 15.9. The number of carbonyl (C=O) groups is 2. The summed E-state index contributed by atoms with van der Waals surface area (Å²) < 4.78 is 13.2. The van der Waals surface area contributed by atoms with Crippen molar-refractivity contribution >= 4 is 17.6 Å². The predicted octanol–water partition coefficient (Wildman–Crippen LogP) is 0.981. The maximum absolute atomic E-state index is 13.2. The topological polar surface area (TPSA) is 71.5 Å². The summed E-state index contributed by atoms with van der Waals surface area (Å²) in [5.41, 5.74) is 1.77. The number of fused-ring (bicyclic) bond motifs is 3. The Labute approximate surface area is 162 Å². The third kappa shape index (κ3) is 2.96. The van der Waals surface area contributed by atoms with Gasteiger partial charge in [0.05, 0.1) is 6.54 Å². The highest BCUT2D eigenvalue weighted by Crippen LogP contribution is 2.30. The molecule has 2 saturated heterocycles. The molecule has 2 fully saturated rings. The number of hydrogen-bond acceptors (Lipinski definition) is 6. The number of nitrogens with one attached hydrogen (secondary N) is 1. The normalized spacial score (nSPS) is 27.6. The van der Waals surface area contributed by atoms with E-state index in [2.05, 4.69) is 17.0 Å². The van der Waals surface area contributed by atoms with Crippen LogP contribution in [0.15, 0.2) is 42.0 Å². The number of carbonyl (C=O) groups excluding carboxylic acids is 2. The van der Waals surface area contributed by atoms with Crippen molar-refractivity contribution in [2.24, 2.45) is 5.10 Å². The zero-order chi connectivity index (χ0) is 20.0. The van der Waals surface area contributed by atoms with Gasteiger partial charge >= 0.3 is 6.03 Å². The van der Waals surface area contributed by atoms with Crippen LogP contribution in [0.5, 0.6) is 0 Å². The molecule has 148 valence electrons. The van der Waals surface area contributed by atoms with Gasteiger partial charge in [-0.2, -0.15) is 5.10 Å². The van der Waals surface area contributed by atoms with Gasteiger partial charge in [-0.15, -0.1) is 6.58 Å². The van der Waals surface area contributed by atoms with Crippen LogP contribution < -0.4 is 5.32 Å². The lowest BCUT2D eigenvalue weighted by Gasteiger charge is -2.42. The summed E-state index contributed by atoms with van der Waals surface area (Å²) in [6.45, 7) is 6.70. The summed E-state index contributed by atoms with van der Waals surface area (Å²) in [6.07, 6.45) is 0.766. The molecule has 1 aromatic carbocycles. The fourth-order valence-corrected chi connectivity index (χ4v) is 4.04. The molecular weight excluding hydrogens is 363 g/mol. The van der Waals surface area contributed by atoms with E-state index < -0.39 is 12.2 Å². The number of halogens is 1. The SMILES string of the molecule is C=CCN1C(=O)C2C(NC3N(Cc4ccc(F)cc4)N=C(C)CN23)N(C)C1=O. The van der Waals surface area contributed by atoms with Crippen LogP contribution in [0.2, 0.25) is 0 Å². The molecule has 4 rings (SSSR count). The summed E-state index contributed by atoms with van der Waals surface area (Å²) >= 11 is 0. The molecule has 0 saturated carbocycles. The zero-order valence-electron chi connectivity index (χ0n) is 15.9. The Balaban J connectivity index is 1.63. The number of hydrazone groups is 1. The summed E-state index contributed by atoms with van der Waals surface area (Å²) in [5, 5.41) is 9.85. The largest absolute Gasteiger partial charge is 0.328 e. The first-order valence-corrected chi connectivity index (χ1v) is 9.16. The molecule has 3 atom stereocenters. The minimum absolute atomic E-state index is 0.177. The number of rotatable bonds is 4. The Morgan fingerprint density at radius 3 is 2.71 bits per heavy atom. The van der Waals surface area contributed by atoms with Crippen LogP contribution in [0.25, 0.3) is 0 Å². The van der Waals surface area contributed by atoms with Crippen LogP contribution in [-0.4, -0.2) is 76.0 Å². The first kappa shape index (κ1) is 18.6. The summed E-state index contributed by atoms with van der Waals surface area (Å²) in [7, 11) is 1.69. The number of benzene rings is 1. The van der Waals surface area contributed by atoms with Crippen molar-refractivity contribution in [2.75, 3.05) is 20.1 Å². The van der Waals surface area contributed by atoms with Gasteiger partial charge in [-0.1, -0.05) is 18.2 Å². The second-order valence-corrected chi connectivity index (χ2v) is 7.29. The lowest BCUT2D eigenvalue weighted by molar-refractivity contribution is -0.138. The number of amides is 3. The number of likely N-dealkylation sites (N-methyl/N-ethyl adjacent to an activating group) is 1. The van der Waals surface area contributed by atoms with Crippen LogP contribution in [0.4, 0.5) is 9.18 Å². The molecule has 1 N–H and O–H groups in total. The van der Waals surface area contributed by atoms with Crippen molar-refractivity contribution in [1.29, 1.82) is 0 Å². The third-order valence-electron chi connectivity index (χ3n) is 5.32. The monoisotopic (exact) mass is 386 g/mol. The van der Waals surface area contributed by atoms with Crippen LogP contribution in [0.3, 0.4) is 0 Å². The number of imide groups is 1. The fourth-order valence-electron chi connectivity index (χ4n) is 4.04. The smallest absolute Gasteiger partial charge is 0.310 e. The Morgan fingerprint density at radius 1 is 1.32 bits per heavy atom. The number of nitrogens with zero attached hydrogens (tertiary/aromatic N) is 5. The Morgan fingerprint density at radius 2 is 2.04 bits per heavy atom. The van der Waals surface area contributed by atoms with Gasteiger partial charge in [0.15, 0.2) is 6.29 Å². The Bertz CT molecular complexity index is 841. The standard InChI is InChI=1S/C19H23FN6O2/c1-4-9-24-17(27)15-16(23(3)19(24)28)21-18-25(15)10-12(2)22-26(18)11-13-5-7-14(20)8-6-13/h4-8,15-16,18,21H,1,9-11H2,2-3H3. The van der Waals surface area contributed by atoms with E-state index in [1.165, 1.54) is 17.0 Å². The van der Waals surface area contributed by atoms with Gasteiger partial charge < -0.3 is 4.90 Å². The van der Waals surface area contributed by atoms with Crippen molar-refractivity contribution in [3.8, 4) is 0 Å². The fraction of sp³-hybridized carbons (Fsp3) is 0.421. The van der Waals surface area contributed by atoms with Crippen molar-refractivity contribution in [3.05, 3.63) is 48.3 Å². The Kier molecular flexibility index (Phi) is 4.64. The van der Waals surface area contributed by atoms with Crippen LogP contribution in [0.1, 0.15) is 12.5 Å². The lowest BCUT2D eigenvalue weighted by Crippen LogP contribution is -2.66. The van der Waals surface area contributed by atoms with E-state index in [0.717, 1.165) is 11.3 Å². The van der Waals surface area contributed by atoms with E-state index in [1.807, 2.05) is 16.8 Å². The molecule has 3 heterocycles. The molecular formula is C19H23FN6O2. The van der Waals surface area contributed by atoms with E-state index in [0.29, 0.717) is 13.1 Å². The maximum Gasteiger partial charge on any atom is 0.328 e. The highest BCUT2D eigenvalue weighted by Gasteiger charge is 2.56. The first-order valence-electron chi connectivity index (χ1n) is 9.16. The van der Waals surface area contributed by atoms with Crippen LogP contribution in [-0.2, 0) is 11.3 Å². The van der Waals surface area contributed by atoms with Gasteiger partial charge in [0.25, 0.3) is 5.91 Å². The molecule has 0 spiro atoms. The van der Waals surface area contributed by atoms with Crippen LogP contribution in [0, 0.1) is 5.82 Å². The minimum Gasteiger partial charge on any atom is -0.310 e. The van der Waals surface area contributed by atoms with Crippen LogP contribution >= 0.6 is 0 Å². The van der Waals surface area contributed by atoms with Gasteiger partial charge in [0.1, 0.15) is 18.0 Å². The van der Waals surface area contributed by atoms with Gasteiger partial charge in [-0.3, -0.25) is 20.0 Å². The average molecular weight is 386 g/mol. The van der Waals surface area contributed by atoms with Gasteiger partial charge in [0.2, 0.25) is 0 Å². The van der Waals surface area contributed by atoms with Gasteiger partial charge in [0, 0.05) is 25.8 Å². The predicted molar refractivity (Wildman–Crippen MR) is 101 cm³/mol. The summed E-state index contributed by atoms with van der Waals surface area (Å²) in [5.74, 6) is -0.527. The summed E-state index contributed by atoms with van der Waals surface area (Å²) in [4.78, 5) is 30.5. The van der Waals surface area contributed by atoms with Crippen molar-refractivity contribution in [2.45, 2.75) is 32.0 Å². The molecule has 3 aliphatic heterocycles. The van der Waals surface area contributed by atoms with Gasteiger partial charge in [-0.05, 0) is 24.6 Å². The molecule has 3 amide bonds. The molecule has 9 heteroatoms. The highest BCUT2D eigenvalue weighted by atomic mass is 19.1. The number of urea groups is 1. The molecule has 1 aromatic rings. The van der Waals surface area contributed by atoms with E-state index in [9.17, 15) is 14.0 Å². The minimum atomic E-state index is -0.506. The quantitative estimate of drug-likeness (QED) is 0.782. The average Bonchev–Trinajstić information content (AvgIpc) is 3.05. The van der Waals surface area contributed by atoms with E-state index in [4.69, 9.17) is 0 Å². The molecule has 0 aliphatic carbocycles. The molecule has 8 nitrogen and oxygen atoms in total. The molecule has 3 unspecified atom stereocenters. The molecule has 0 bridgehead atoms.